The van der Waals surface area contributed by atoms with Gasteiger partial charge in [0.25, 0.3) is 0 Å². The summed E-state index contributed by atoms with van der Waals surface area (Å²) in [6.45, 7) is 1.46. The molecule has 0 spiro atoms. The maximum absolute atomic E-state index is 13.0. The number of aromatic nitrogens is 1. The average molecular weight is 229 g/mol. The summed E-state index contributed by atoms with van der Waals surface area (Å²) in [6.07, 6.45) is 3.10. The maximum Gasteiger partial charge on any atom is 0.222 e. The summed E-state index contributed by atoms with van der Waals surface area (Å²) in [4.78, 5) is 13.6. The Hall–Kier alpha value is -1.23. The molecule has 0 saturated carbocycles. The molecule has 1 aromatic rings. The van der Waals surface area contributed by atoms with E-state index in [0.717, 1.165) is 17.8 Å². The van der Waals surface area contributed by atoms with Gasteiger partial charge in [-0.1, -0.05) is 23.9 Å². The standard InChI is InChI=1S/C10H9F2NOS/c1-7(14)15-6-2-3-8-4-5-9(11)13-10(8)12/h2-5H,6H2,1H3. The first-order valence-corrected chi connectivity index (χ1v) is 5.20. The van der Waals surface area contributed by atoms with Crippen LogP contribution >= 0.6 is 11.8 Å². The van der Waals surface area contributed by atoms with Crippen LogP contribution in [0.4, 0.5) is 8.78 Å². The van der Waals surface area contributed by atoms with Crippen molar-refractivity contribution in [2.45, 2.75) is 6.92 Å². The molecule has 0 aliphatic heterocycles. The SMILES string of the molecule is CC(=O)SCC=Cc1ccc(F)nc1F. The van der Waals surface area contributed by atoms with E-state index >= 15 is 0 Å². The van der Waals surface area contributed by atoms with Gasteiger partial charge in [-0.2, -0.15) is 13.8 Å². The molecular formula is C10H9F2NOS. The predicted molar refractivity (Wildman–Crippen MR) is 56.3 cm³/mol. The van der Waals surface area contributed by atoms with Crippen LogP contribution in [0, 0.1) is 11.9 Å². The maximum atomic E-state index is 13.0. The third kappa shape index (κ3) is 4.20. The molecule has 15 heavy (non-hydrogen) atoms. The predicted octanol–water partition coefficient (Wildman–Crippen LogP) is 2.65. The zero-order chi connectivity index (χ0) is 11.3. The molecule has 0 N–H and O–H groups in total. The summed E-state index contributed by atoms with van der Waals surface area (Å²) in [7, 11) is 0. The van der Waals surface area contributed by atoms with Crippen molar-refractivity contribution in [1.82, 2.24) is 4.98 Å². The second-order valence-electron chi connectivity index (χ2n) is 2.72. The van der Waals surface area contributed by atoms with Gasteiger partial charge in [0.2, 0.25) is 11.9 Å². The third-order valence-electron chi connectivity index (χ3n) is 1.52. The van der Waals surface area contributed by atoms with Crippen LogP contribution in [-0.2, 0) is 4.79 Å². The van der Waals surface area contributed by atoms with Gasteiger partial charge >= 0.3 is 0 Å². The molecule has 0 saturated heterocycles. The molecule has 0 bridgehead atoms. The molecule has 2 nitrogen and oxygen atoms in total. The molecule has 80 valence electrons. The minimum atomic E-state index is -0.848. The van der Waals surface area contributed by atoms with E-state index in [1.807, 2.05) is 0 Å². The third-order valence-corrected chi connectivity index (χ3v) is 2.29. The van der Waals surface area contributed by atoms with E-state index in [4.69, 9.17) is 0 Å². The number of carbonyl (C=O) groups excluding carboxylic acids is 1. The highest BCUT2D eigenvalue weighted by molar-refractivity contribution is 8.13. The van der Waals surface area contributed by atoms with Gasteiger partial charge < -0.3 is 0 Å². The smallest absolute Gasteiger partial charge is 0.222 e. The van der Waals surface area contributed by atoms with E-state index in [9.17, 15) is 13.6 Å². The first kappa shape index (κ1) is 11.8. The fraction of sp³-hybridized carbons (Fsp3) is 0.200. The lowest BCUT2D eigenvalue weighted by atomic mass is 10.2. The van der Waals surface area contributed by atoms with E-state index in [2.05, 4.69) is 4.98 Å². The van der Waals surface area contributed by atoms with Crippen LogP contribution in [0.3, 0.4) is 0 Å². The zero-order valence-corrected chi connectivity index (χ0v) is 8.85. The van der Waals surface area contributed by atoms with Gasteiger partial charge in [-0.3, -0.25) is 4.79 Å². The highest BCUT2D eigenvalue weighted by Crippen LogP contribution is 2.09. The molecular weight excluding hydrogens is 220 g/mol. The molecule has 0 aliphatic rings. The summed E-state index contributed by atoms with van der Waals surface area (Å²) >= 11 is 1.12. The molecule has 0 radical (unpaired) electrons. The largest absolute Gasteiger partial charge is 0.288 e. The van der Waals surface area contributed by atoms with Crippen LogP contribution in [0.1, 0.15) is 12.5 Å². The van der Waals surface area contributed by atoms with Crippen molar-refractivity contribution in [3.8, 4) is 0 Å². The van der Waals surface area contributed by atoms with E-state index < -0.39 is 11.9 Å². The van der Waals surface area contributed by atoms with Crippen molar-refractivity contribution in [3.63, 3.8) is 0 Å². The van der Waals surface area contributed by atoms with Crippen molar-refractivity contribution < 1.29 is 13.6 Å². The Kier molecular flexibility index (Phi) is 4.42. The van der Waals surface area contributed by atoms with Gasteiger partial charge in [-0.15, -0.1) is 0 Å². The van der Waals surface area contributed by atoms with Crippen molar-refractivity contribution in [1.29, 1.82) is 0 Å². The topological polar surface area (TPSA) is 30.0 Å². The average Bonchev–Trinajstić information content (AvgIpc) is 2.14. The summed E-state index contributed by atoms with van der Waals surface area (Å²) in [5, 5.41) is -0.00245. The van der Waals surface area contributed by atoms with Gasteiger partial charge in [-0.05, 0) is 12.1 Å². The number of nitrogens with zero attached hydrogens (tertiary/aromatic N) is 1. The second-order valence-corrected chi connectivity index (χ2v) is 3.92. The number of carbonyl (C=O) groups is 1. The van der Waals surface area contributed by atoms with Crippen molar-refractivity contribution in [3.05, 3.63) is 35.7 Å². The zero-order valence-electron chi connectivity index (χ0n) is 8.04. The first-order chi connectivity index (χ1) is 7.09. The van der Waals surface area contributed by atoms with Gasteiger partial charge in [0.1, 0.15) is 0 Å². The van der Waals surface area contributed by atoms with E-state index in [-0.39, 0.29) is 10.7 Å². The lowest BCUT2D eigenvalue weighted by molar-refractivity contribution is -0.109. The Morgan fingerprint density at radius 3 is 2.87 bits per heavy atom. The van der Waals surface area contributed by atoms with Crippen molar-refractivity contribution >= 4 is 23.0 Å². The minimum Gasteiger partial charge on any atom is -0.288 e. The Balaban J connectivity index is 2.60. The minimum absolute atomic E-state index is 0.00245. The van der Waals surface area contributed by atoms with Crippen molar-refractivity contribution in [2.75, 3.05) is 5.75 Å². The molecule has 0 aliphatic carbocycles. The number of thioether (sulfide) groups is 1. The molecule has 5 heteroatoms. The summed E-state index contributed by atoms with van der Waals surface area (Å²) in [5.74, 6) is -1.23. The van der Waals surface area contributed by atoms with Crippen molar-refractivity contribution in [2.24, 2.45) is 0 Å². The summed E-state index contributed by atoms with van der Waals surface area (Å²) in [6, 6.07) is 2.38. The Morgan fingerprint density at radius 1 is 1.53 bits per heavy atom. The molecule has 0 amide bonds. The van der Waals surface area contributed by atoms with E-state index in [1.165, 1.54) is 19.1 Å². The Bertz CT molecular complexity index is 393. The van der Waals surface area contributed by atoms with E-state index in [0.29, 0.717) is 5.75 Å². The molecule has 0 fully saturated rings. The number of pyridine rings is 1. The van der Waals surface area contributed by atoms with Crippen LogP contribution in [0.15, 0.2) is 18.2 Å². The van der Waals surface area contributed by atoms with Gasteiger partial charge in [0.05, 0.1) is 0 Å². The fourth-order valence-electron chi connectivity index (χ4n) is 0.888. The number of hydrogen-bond acceptors (Lipinski definition) is 3. The van der Waals surface area contributed by atoms with Crippen LogP contribution in [0.25, 0.3) is 6.08 Å². The highest BCUT2D eigenvalue weighted by atomic mass is 32.2. The molecule has 0 atom stereocenters. The molecule has 1 rings (SSSR count). The number of halogens is 2. The lowest BCUT2D eigenvalue weighted by Crippen LogP contribution is -1.91. The van der Waals surface area contributed by atoms with Gasteiger partial charge in [0, 0.05) is 18.2 Å². The van der Waals surface area contributed by atoms with Gasteiger partial charge in [-0.25, -0.2) is 0 Å². The number of rotatable bonds is 3. The summed E-state index contributed by atoms with van der Waals surface area (Å²) in [5.41, 5.74) is 0.209. The number of hydrogen-bond donors (Lipinski definition) is 0. The van der Waals surface area contributed by atoms with Crippen LogP contribution in [0.5, 0.6) is 0 Å². The Labute approximate surface area is 90.4 Å². The Morgan fingerprint density at radius 2 is 2.27 bits per heavy atom. The first-order valence-electron chi connectivity index (χ1n) is 4.21. The van der Waals surface area contributed by atoms with Crippen LogP contribution in [0.2, 0.25) is 0 Å². The normalized spacial score (nSPS) is 10.9. The van der Waals surface area contributed by atoms with Crippen LogP contribution < -0.4 is 0 Å². The van der Waals surface area contributed by atoms with Crippen LogP contribution in [-0.4, -0.2) is 15.9 Å². The second kappa shape index (κ2) is 5.60. The quantitative estimate of drug-likeness (QED) is 0.746. The highest BCUT2D eigenvalue weighted by Gasteiger charge is 2.01. The summed E-state index contributed by atoms with van der Waals surface area (Å²) < 4.78 is 25.4. The fourth-order valence-corrected chi connectivity index (χ4v) is 1.31. The molecule has 0 aromatic carbocycles. The molecule has 0 unspecified atom stereocenters. The molecule has 1 aromatic heterocycles. The monoisotopic (exact) mass is 229 g/mol. The lowest BCUT2D eigenvalue weighted by Gasteiger charge is -1.95. The van der Waals surface area contributed by atoms with E-state index in [1.54, 1.807) is 6.08 Å². The van der Waals surface area contributed by atoms with Gasteiger partial charge in [0.15, 0.2) is 5.12 Å². The molecule has 1 heterocycles.